The fourth-order valence-electron chi connectivity index (χ4n) is 2.27. The Balaban J connectivity index is 2.10. The van der Waals surface area contributed by atoms with E-state index in [2.05, 4.69) is 57.1 Å². The number of amides is 1. The number of carbonyl (C=O) groups excluding carboxylic acids is 1. The molecule has 1 aliphatic heterocycles. The summed E-state index contributed by atoms with van der Waals surface area (Å²) < 4.78 is 1.12. The van der Waals surface area contributed by atoms with E-state index >= 15 is 0 Å². The number of rotatable bonds is 1. The lowest BCUT2D eigenvalue weighted by atomic mass is 10.2. The summed E-state index contributed by atoms with van der Waals surface area (Å²) in [5, 5.41) is 2.98. The first-order chi connectivity index (χ1) is 9.24. The Morgan fingerprint density at radius 2 is 1.89 bits per heavy atom. The van der Waals surface area contributed by atoms with Gasteiger partial charge in [0.15, 0.2) is 0 Å². The first-order valence-electron chi connectivity index (χ1n) is 6.16. The molecule has 0 saturated heterocycles. The van der Waals surface area contributed by atoms with Crippen molar-refractivity contribution in [3.63, 3.8) is 0 Å². The molecule has 4 heteroatoms. The number of benzene rings is 2. The smallest absolute Gasteiger partial charge is 0.226 e. The highest BCUT2D eigenvalue weighted by atomic mass is 127. The van der Waals surface area contributed by atoms with Crippen molar-refractivity contribution >= 4 is 45.6 Å². The molecular weight excluding hydrogens is 351 g/mol. The summed E-state index contributed by atoms with van der Waals surface area (Å²) in [6.45, 7) is 0.698. The number of nitrogens with one attached hydrogen (secondary N) is 1. The number of hydrogen-bond donors (Lipinski definition) is 1. The molecule has 1 amide bonds. The Kier molecular flexibility index (Phi) is 3.42. The SMILES string of the molecule is O=C1CCN(c2ccccc2)c2ccc(I)cc2N1. The predicted octanol–water partition coefficient (Wildman–Crippen LogP) is 3.77. The normalized spacial score (nSPS) is 14.6. The Labute approximate surface area is 125 Å². The summed E-state index contributed by atoms with van der Waals surface area (Å²) in [5.41, 5.74) is 3.05. The lowest BCUT2D eigenvalue weighted by Gasteiger charge is -2.24. The van der Waals surface area contributed by atoms with E-state index in [-0.39, 0.29) is 5.91 Å². The average molecular weight is 364 g/mol. The molecule has 19 heavy (non-hydrogen) atoms. The lowest BCUT2D eigenvalue weighted by Crippen LogP contribution is -2.18. The highest BCUT2D eigenvalue weighted by Crippen LogP contribution is 2.35. The van der Waals surface area contributed by atoms with Crippen LogP contribution in [0.25, 0.3) is 0 Å². The Hall–Kier alpha value is -1.56. The van der Waals surface area contributed by atoms with Gasteiger partial charge in [-0.25, -0.2) is 0 Å². The number of hydrogen-bond acceptors (Lipinski definition) is 2. The van der Waals surface area contributed by atoms with Crippen molar-refractivity contribution in [1.82, 2.24) is 0 Å². The molecule has 2 aromatic carbocycles. The monoisotopic (exact) mass is 364 g/mol. The fraction of sp³-hybridized carbons (Fsp3) is 0.133. The van der Waals surface area contributed by atoms with Crippen LogP contribution in [0.15, 0.2) is 48.5 Å². The van der Waals surface area contributed by atoms with Crippen LogP contribution in [0, 0.1) is 3.57 Å². The maximum absolute atomic E-state index is 11.8. The number of fused-ring (bicyclic) bond motifs is 1. The second kappa shape index (κ2) is 5.21. The summed E-state index contributed by atoms with van der Waals surface area (Å²) in [5.74, 6) is 0.0710. The van der Waals surface area contributed by atoms with Gasteiger partial charge < -0.3 is 10.2 Å². The third kappa shape index (κ3) is 2.58. The molecule has 1 heterocycles. The van der Waals surface area contributed by atoms with E-state index in [1.807, 2.05) is 24.3 Å². The summed E-state index contributed by atoms with van der Waals surface area (Å²) in [6.07, 6.45) is 0.500. The maximum atomic E-state index is 11.8. The van der Waals surface area contributed by atoms with Crippen LogP contribution in [-0.4, -0.2) is 12.5 Å². The molecule has 0 saturated carbocycles. The van der Waals surface area contributed by atoms with Crippen LogP contribution in [0.5, 0.6) is 0 Å². The molecule has 2 aromatic rings. The highest BCUT2D eigenvalue weighted by molar-refractivity contribution is 14.1. The summed E-state index contributed by atoms with van der Waals surface area (Å²) in [7, 11) is 0. The van der Waals surface area contributed by atoms with Crippen molar-refractivity contribution in [2.24, 2.45) is 0 Å². The molecule has 0 aliphatic carbocycles. The van der Waals surface area contributed by atoms with Gasteiger partial charge in [-0.15, -0.1) is 0 Å². The first-order valence-corrected chi connectivity index (χ1v) is 7.24. The molecule has 0 atom stereocenters. The van der Waals surface area contributed by atoms with Gasteiger partial charge in [-0.1, -0.05) is 18.2 Å². The first kappa shape index (κ1) is 12.5. The van der Waals surface area contributed by atoms with E-state index in [1.54, 1.807) is 0 Å². The summed E-state index contributed by atoms with van der Waals surface area (Å²) >= 11 is 2.26. The minimum atomic E-state index is 0.0710. The zero-order valence-electron chi connectivity index (χ0n) is 10.3. The molecule has 0 bridgehead atoms. The number of para-hydroxylation sites is 1. The molecule has 3 rings (SSSR count). The van der Waals surface area contributed by atoms with Crippen LogP contribution in [0.1, 0.15) is 6.42 Å². The minimum absolute atomic E-state index is 0.0710. The van der Waals surface area contributed by atoms with Crippen LogP contribution in [0.3, 0.4) is 0 Å². The summed E-state index contributed by atoms with van der Waals surface area (Å²) in [6, 6.07) is 16.3. The Morgan fingerprint density at radius 1 is 1.11 bits per heavy atom. The summed E-state index contributed by atoms with van der Waals surface area (Å²) in [4.78, 5) is 14.0. The van der Waals surface area contributed by atoms with Gasteiger partial charge in [0.1, 0.15) is 0 Å². The molecule has 0 unspecified atom stereocenters. The van der Waals surface area contributed by atoms with E-state index in [1.165, 1.54) is 0 Å². The van der Waals surface area contributed by atoms with Gasteiger partial charge in [-0.2, -0.15) is 0 Å². The second-order valence-electron chi connectivity index (χ2n) is 4.45. The molecule has 1 N–H and O–H groups in total. The number of halogens is 1. The highest BCUT2D eigenvalue weighted by Gasteiger charge is 2.20. The van der Waals surface area contributed by atoms with Gasteiger partial charge in [0.2, 0.25) is 5.91 Å². The van der Waals surface area contributed by atoms with Crippen molar-refractivity contribution in [3.05, 3.63) is 52.1 Å². The van der Waals surface area contributed by atoms with E-state index in [9.17, 15) is 4.79 Å². The van der Waals surface area contributed by atoms with Crippen molar-refractivity contribution in [1.29, 1.82) is 0 Å². The number of carbonyl (C=O) groups is 1. The lowest BCUT2D eigenvalue weighted by molar-refractivity contribution is -0.115. The van der Waals surface area contributed by atoms with E-state index < -0.39 is 0 Å². The average Bonchev–Trinajstić information content (AvgIpc) is 2.57. The molecule has 0 spiro atoms. The van der Waals surface area contributed by atoms with Gasteiger partial charge in [0.05, 0.1) is 11.4 Å². The zero-order valence-corrected chi connectivity index (χ0v) is 12.4. The van der Waals surface area contributed by atoms with Gasteiger partial charge in [0.25, 0.3) is 0 Å². The Bertz CT molecular complexity index is 613. The van der Waals surface area contributed by atoms with E-state index in [0.29, 0.717) is 13.0 Å². The van der Waals surface area contributed by atoms with Gasteiger partial charge in [-0.3, -0.25) is 4.79 Å². The van der Waals surface area contributed by atoms with Crippen LogP contribution in [0.2, 0.25) is 0 Å². The zero-order chi connectivity index (χ0) is 13.2. The molecule has 0 radical (unpaired) electrons. The van der Waals surface area contributed by atoms with Crippen LogP contribution in [0.4, 0.5) is 17.1 Å². The van der Waals surface area contributed by atoms with Gasteiger partial charge >= 0.3 is 0 Å². The van der Waals surface area contributed by atoms with Crippen molar-refractivity contribution < 1.29 is 4.79 Å². The minimum Gasteiger partial charge on any atom is -0.339 e. The molecule has 96 valence electrons. The Morgan fingerprint density at radius 3 is 2.68 bits per heavy atom. The van der Waals surface area contributed by atoms with Gasteiger partial charge in [-0.05, 0) is 52.9 Å². The van der Waals surface area contributed by atoms with Crippen molar-refractivity contribution in [2.45, 2.75) is 6.42 Å². The van der Waals surface area contributed by atoms with E-state index in [4.69, 9.17) is 0 Å². The molecule has 3 nitrogen and oxygen atoms in total. The van der Waals surface area contributed by atoms with Crippen molar-refractivity contribution in [2.75, 3.05) is 16.8 Å². The van der Waals surface area contributed by atoms with Crippen molar-refractivity contribution in [3.8, 4) is 0 Å². The number of anilines is 3. The number of nitrogens with zero attached hydrogens (tertiary/aromatic N) is 1. The van der Waals surface area contributed by atoms with Gasteiger partial charge in [0, 0.05) is 22.2 Å². The third-order valence-corrected chi connectivity index (χ3v) is 3.82. The van der Waals surface area contributed by atoms with Crippen LogP contribution < -0.4 is 10.2 Å². The van der Waals surface area contributed by atoms with Crippen LogP contribution in [-0.2, 0) is 4.79 Å². The fourth-order valence-corrected chi connectivity index (χ4v) is 2.76. The molecule has 0 aromatic heterocycles. The van der Waals surface area contributed by atoms with Crippen LogP contribution >= 0.6 is 22.6 Å². The second-order valence-corrected chi connectivity index (χ2v) is 5.69. The predicted molar refractivity (Wildman–Crippen MR) is 85.9 cm³/mol. The topological polar surface area (TPSA) is 32.3 Å². The largest absolute Gasteiger partial charge is 0.339 e. The molecule has 0 fully saturated rings. The standard InChI is InChI=1S/C15H13IN2O/c16-11-6-7-14-13(10-11)17-15(19)8-9-18(14)12-4-2-1-3-5-12/h1-7,10H,8-9H2,(H,17,19). The third-order valence-electron chi connectivity index (χ3n) is 3.15. The quantitative estimate of drug-likeness (QED) is 0.782. The maximum Gasteiger partial charge on any atom is 0.226 e. The van der Waals surface area contributed by atoms with E-state index in [0.717, 1.165) is 20.6 Å². The molecular formula is C15H13IN2O. The molecule has 1 aliphatic rings.